The van der Waals surface area contributed by atoms with Crippen LogP contribution in [0.1, 0.15) is 21.5 Å². The molecular weight excluding hydrogens is 360 g/mol. The summed E-state index contributed by atoms with van der Waals surface area (Å²) in [4.78, 5) is 27.9. The van der Waals surface area contributed by atoms with Gasteiger partial charge in [-0.2, -0.15) is 5.26 Å². The van der Waals surface area contributed by atoms with Crippen LogP contribution >= 0.6 is 15.9 Å². The molecular formula is C16H13BrN4O2. The lowest BCUT2D eigenvalue weighted by Crippen LogP contribution is -2.45. The Balaban J connectivity index is 2.13. The van der Waals surface area contributed by atoms with Crippen LogP contribution in [-0.2, 0) is 11.2 Å². The van der Waals surface area contributed by atoms with Crippen LogP contribution in [0.3, 0.4) is 0 Å². The molecule has 7 heteroatoms. The molecule has 6 nitrogen and oxygen atoms in total. The van der Waals surface area contributed by atoms with E-state index in [9.17, 15) is 9.59 Å². The Hall–Kier alpha value is -2.72. The maximum Gasteiger partial charge on any atom is 0.251 e. The molecule has 23 heavy (non-hydrogen) atoms. The van der Waals surface area contributed by atoms with Crippen LogP contribution in [0.15, 0.2) is 47.2 Å². The monoisotopic (exact) mass is 372 g/mol. The molecule has 0 aliphatic heterocycles. The number of carbonyl (C=O) groups is 2. The smallest absolute Gasteiger partial charge is 0.251 e. The summed E-state index contributed by atoms with van der Waals surface area (Å²) in [7, 11) is 0. The number of carbonyl (C=O) groups excluding carboxylic acids is 2. The molecule has 0 aliphatic rings. The van der Waals surface area contributed by atoms with Crippen LogP contribution in [0.5, 0.6) is 0 Å². The normalized spacial score (nSPS) is 11.3. The zero-order chi connectivity index (χ0) is 16.8. The van der Waals surface area contributed by atoms with Crippen LogP contribution in [0.4, 0.5) is 0 Å². The van der Waals surface area contributed by atoms with Gasteiger partial charge in [-0.25, -0.2) is 4.98 Å². The highest BCUT2D eigenvalue weighted by molar-refractivity contribution is 9.10. The number of nitrogens with one attached hydrogen (secondary N) is 1. The predicted molar refractivity (Wildman–Crippen MR) is 87.2 cm³/mol. The Labute approximate surface area is 141 Å². The van der Waals surface area contributed by atoms with E-state index in [4.69, 9.17) is 11.0 Å². The summed E-state index contributed by atoms with van der Waals surface area (Å²) >= 11 is 3.29. The minimum Gasteiger partial charge on any atom is -0.368 e. The van der Waals surface area contributed by atoms with E-state index < -0.39 is 17.9 Å². The van der Waals surface area contributed by atoms with Crippen LogP contribution in [0, 0.1) is 11.3 Å². The molecule has 0 aliphatic carbocycles. The molecule has 0 fully saturated rings. The van der Waals surface area contributed by atoms with E-state index in [1.165, 1.54) is 24.3 Å². The second-order valence-electron chi connectivity index (χ2n) is 4.78. The number of rotatable bonds is 5. The third-order valence-electron chi connectivity index (χ3n) is 3.19. The Morgan fingerprint density at radius 1 is 1.30 bits per heavy atom. The van der Waals surface area contributed by atoms with E-state index >= 15 is 0 Å². The van der Waals surface area contributed by atoms with E-state index in [0.29, 0.717) is 15.7 Å². The van der Waals surface area contributed by atoms with E-state index in [0.717, 1.165) is 5.56 Å². The molecule has 1 heterocycles. The van der Waals surface area contributed by atoms with Crippen molar-refractivity contribution in [2.75, 3.05) is 0 Å². The number of nitrogens with two attached hydrogens (primary N) is 1. The number of amides is 2. The Kier molecular flexibility index (Phi) is 5.44. The molecule has 0 saturated heterocycles. The molecule has 1 atom stereocenters. The van der Waals surface area contributed by atoms with Gasteiger partial charge in [0.1, 0.15) is 10.6 Å². The molecule has 0 saturated carbocycles. The summed E-state index contributed by atoms with van der Waals surface area (Å²) in [6, 6.07) is 10.7. The third-order valence-corrected chi connectivity index (χ3v) is 3.90. The first kappa shape index (κ1) is 16.6. The van der Waals surface area contributed by atoms with Gasteiger partial charge < -0.3 is 11.1 Å². The zero-order valence-corrected chi connectivity index (χ0v) is 13.6. The van der Waals surface area contributed by atoms with Gasteiger partial charge in [0.2, 0.25) is 5.91 Å². The van der Waals surface area contributed by atoms with Crippen LogP contribution in [-0.4, -0.2) is 22.8 Å². The first-order chi connectivity index (χ1) is 11.0. The highest BCUT2D eigenvalue weighted by Gasteiger charge is 2.20. The van der Waals surface area contributed by atoms with Crippen molar-refractivity contribution in [1.29, 1.82) is 5.26 Å². The van der Waals surface area contributed by atoms with Crippen LogP contribution in [0.25, 0.3) is 0 Å². The van der Waals surface area contributed by atoms with Gasteiger partial charge in [0, 0.05) is 18.2 Å². The maximum absolute atomic E-state index is 12.2. The van der Waals surface area contributed by atoms with Crippen LogP contribution in [0.2, 0.25) is 0 Å². The van der Waals surface area contributed by atoms with E-state index in [1.807, 2.05) is 6.07 Å². The summed E-state index contributed by atoms with van der Waals surface area (Å²) in [5, 5.41) is 11.4. The zero-order valence-electron chi connectivity index (χ0n) is 12.0. The fraction of sp³-hybridized carbons (Fsp3) is 0.125. The van der Waals surface area contributed by atoms with Gasteiger partial charge in [-0.15, -0.1) is 0 Å². The van der Waals surface area contributed by atoms with Crippen molar-refractivity contribution < 1.29 is 9.59 Å². The number of aromatic nitrogens is 1. The van der Waals surface area contributed by atoms with Crippen molar-refractivity contribution in [3.8, 4) is 6.07 Å². The van der Waals surface area contributed by atoms with Gasteiger partial charge in [0.25, 0.3) is 5.91 Å². The highest BCUT2D eigenvalue weighted by atomic mass is 79.9. The minimum absolute atomic E-state index is 0.228. The lowest BCUT2D eigenvalue weighted by molar-refractivity contribution is -0.119. The van der Waals surface area contributed by atoms with Crippen molar-refractivity contribution in [3.63, 3.8) is 0 Å². The first-order valence-corrected chi connectivity index (χ1v) is 7.50. The lowest BCUT2D eigenvalue weighted by Gasteiger charge is -2.16. The van der Waals surface area contributed by atoms with Crippen LogP contribution < -0.4 is 11.1 Å². The molecule has 0 unspecified atom stereocenters. The highest BCUT2D eigenvalue weighted by Crippen LogP contribution is 2.15. The van der Waals surface area contributed by atoms with Crippen molar-refractivity contribution >= 4 is 27.7 Å². The van der Waals surface area contributed by atoms with Gasteiger partial charge in [0.05, 0.1) is 11.6 Å². The van der Waals surface area contributed by atoms with Gasteiger partial charge in [0.15, 0.2) is 0 Å². The number of pyridine rings is 1. The fourth-order valence-corrected chi connectivity index (χ4v) is 2.36. The molecule has 3 N–H and O–H groups in total. The standard InChI is InChI=1S/C16H13BrN4O2/c17-14-12(2-1-7-20-14)8-13(15(19)22)21-16(23)11-5-3-10(9-18)4-6-11/h1-7,13H,8H2,(H2,19,22)(H,21,23)/t13-/m1/s1. The predicted octanol–water partition coefficient (Wildman–Crippen LogP) is 1.54. The molecule has 116 valence electrons. The van der Waals surface area contributed by atoms with E-state index in [-0.39, 0.29) is 6.42 Å². The molecule has 2 aromatic rings. The number of nitriles is 1. The first-order valence-electron chi connectivity index (χ1n) is 6.71. The number of primary amides is 1. The average Bonchev–Trinajstić information content (AvgIpc) is 2.56. The van der Waals surface area contributed by atoms with Crippen molar-refractivity contribution in [2.24, 2.45) is 5.73 Å². The summed E-state index contributed by atoms with van der Waals surface area (Å²) in [6.45, 7) is 0. The quantitative estimate of drug-likeness (QED) is 0.775. The number of hydrogen-bond donors (Lipinski definition) is 2. The summed E-state index contributed by atoms with van der Waals surface area (Å²) in [5.74, 6) is -1.07. The number of benzene rings is 1. The van der Waals surface area contributed by atoms with Crippen molar-refractivity contribution in [2.45, 2.75) is 12.5 Å². The fourth-order valence-electron chi connectivity index (χ4n) is 1.95. The molecule has 1 aromatic heterocycles. The number of halogens is 1. The van der Waals surface area contributed by atoms with E-state index in [1.54, 1.807) is 18.3 Å². The van der Waals surface area contributed by atoms with Gasteiger partial charge >= 0.3 is 0 Å². The summed E-state index contributed by atoms with van der Waals surface area (Å²) in [6.07, 6.45) is 1.84. The number of hydrogen-bond acceptors (Lipinski definition) is 4. The average molecular weight is 373 g/mol. The van der Waals surface area contributed by atoms with Gasteiger partial charge in [-0.05, 0) is 51.8 Å². The Bertz CT molecular complexity index is 768. The molecule has 0 bridgehead atoms. The molecule has 0 radical (unpaired) electrons. The van der Waals surface area contributed by atoms with Gasteiger partial charge in [-0.1, -0.05) is 6.07 Å². The topological polar surface area (TPSA) is 109 Å². The van der Waals surface area contributed by atoms with E-state index in [2.05, 4.69) is 26.2 Å². The molecule has 2 rings (SSSR count). The third kappa shape index (κ3) is 4.37. The summed E-state index contributed by atoms with van der Waals surface area (Å²) in [5.41, 5.74) is 6.93. The number of nitrogens with zero attached hydrogens (tertiary/aromatic N) is 2. The lowest BCUT2D eigenvalue weighted by atomic mass is 10.1. The molecule has 1 aromatic carbocycles. The second kappa shape index (κ2) is 7.51. The van der Waals surface area contributed by atoms with Gasteiger partial charge in [-0.3, -0.25) is 9.59 Å². The molecule has 2 amide bonds. The minimum atomic E-state index is -0.862. The maximum atomic E-state index is 12.2. The van der Waals surface area contributed by atoms with Crippen molar-refractivity contribution in [1.82, 2.24) is 10.3 Å². The Morgan fingerprint density at radius 3 is 2.57 bits per heavy atom. The molecule has 0 spiro atoms. The SMILES string of the molecule is N#Cc1ccc(C(=O)N[C@H](Cc2cccnc2Br)C(N)=O)cc1. The largest absolute Gasteiger partial charge is 0.368 e. The van der Waals surface area contributed by atoms with Crippen molar-refractivity contribution in [3.05, 3.63) is 63.9 Å². The second-order valence-corrected chi connectivity index (χ2v) is 5.53. The summed E-state index contributed by atoms with van der Waals surface area (Å²) < 4.78 is 0.596. The Morgan fingerprint density at radius 2 is 2.00 bits per heavy atom.